The number of rotatable bonds is 7. The average Bonchev–Trinajstić information content (AvgIpc) is 3.18. The first-order valence-corrected chi connectivity index (χ1v) is 9.28. The van der Waals surface area contributed by atoms with E-state index in [1.165, 1.54) is 11.1 Å². The van der Waals surface area contributed by atoms with Gasteiger partial charge in [-0.3, -0.25) is 9.79 Å². The highest BCUT2D eigenvalue weighted by molar-refractivity contribution is 14.0. The van der Waals surface area contributed by atoms with Crippen LogP contribution in [0.2, 0.25) is 0 Å². The van der Waals surface area contributed by atoms with Crippen LogP contribution < -0.4 is 20.7 Å². The zero-order valence-electron chi connectivity index (χ0n) is 16.0. The van der Waals surface area contributed by atoms with Crippen LogP contribution in [-0.4, -0.2) is 45.2 Å². The normalized spacial score (nSPS) is 12.4. The molecule has 0 spiro atoms. The SMILES string of the molecule is CN=C(NCCNC(=O)c1ccccc1)NCCc1ccc2c(c1)CCO2.I. The lowest BCUT2D eigenvalue weighted by Gasteiger charge is -2.12. The van der Waals surface area contributed by atoms with E-state index in [-0.39, 0.29) is 29.9 Å². The predicted molar refractivity (Wildman–Crippen MR) is 123 cm³/mol. The molecule has 0 aliphatic carbocycles. The van der Waals surface area contributed by atoms with Crippen molar-refractivity contribution < 1.29 is 9.53 Å². The molecule has 0 radical (unpaired) electrons. The molecule has 2 aromatic rings. The van der Waals surface area contributed by atoms with Crippen molar-refractivity contribution in [1.82, 2.24) is 16.0 Å². The number of amides is 1. The maximum absolute atomic E-state index is 12.0. The second-order valence-corrected chi connectivity index (χ2v) is 6.34. The van der Waals surface area contributed by atoms with Crippen LogP contribution in [0.4, 0.5) is 0 Å². The van der Waals surface area contributed by atoms with E-state index in [1.807, 2.05) is 18.2 Å². The molecule has 0 aromatic heterocycles. The summed E-state index contributed by atoms with van der Waals surface area (Å²) < 4.78 is 5.54. The van der Waals surface area contributed by atoms with E-state index in [4.69, 9.17) is 4.74 Å². The van der Waals surface area contributed by atoms with Gasteiger partial charge in [-0.2, -0.15) is 0 Å². The largest absolute Gasteiger partial charge is 0.493 e. The Morgan fingerprint density at radius 3 is 2.57 bits per heavy atom. The Morgan fingerprint density at radius 1 is 1.04 bits per heavy atom. The maximum atomic E-state index is 12.0. The number of carbonyl (C=O) groups excluding carboxylic acids is 1. The van der Waals surface area contributed by atoms with Crippen molar-refractivity contribution in [2.24, 2.45) is 4.99 Å². The van der Waals surface area contributed by atoms with Crippen molar-refractivity contribution in [3.05, 3.63) is 65.2 Å². The highest BCUT2D eigenvalue weighted by Crippen LogP contribution is 2.25. The number of fused-ring (bicyclic) bond motifs is 1. The van der Waals surface area contributed by atoms with Crippen molar-refractivity contribution in [2.75, 3.05) is 33.3 Å². The summed E-state index contributed by atoms with van der Waals surface area (Å²) in [6.07, 6.45) is 1.91. The first kappa shape index (κ1) is 22.0. The first-order chi connectivity index (χ1) is 13.3. The van der Waals surface area contributed by atoms with E-state index in [0.717, 1.165) is 37.7 Å². The molecule has 0 bridgehead atoms. The second kappa shape index (κ2) is 11.5. The fourth-order valence-electron chi connectivity index (χ4n) is 2.99. The maximum Gasteiger partial charge on any atom is 0.251 e. The Hall–Kier alpha value is -2.29. The van der Waals surface area contributed by atoms with Crippen LogP contribution in [0.3, 0.4) is 0 Å². The summed E-state index contributed by atoms with van der Waals surface area (Å²) in [6, 6.07) is 15.6. The van der Waals surface area contributed by atoms with Crippen LogP contribution >= 0.6 is 24.0 Å². The first-order valence-electron chi connectivity index (χ1n) is 9.28. The zero-order chi connectivity index (χ0) is 18.9. The third-order valence-corrected chi connectivity index (χ3v) is 4.42. The van der Waals surface area contributed by atoms with Gasteiger partial charge in [-0.15, -0.1) is 24.0 Å². The molecule has 1 aliphatic rings. The van der Waals surface area contributed by atoms with Gasteiger partial charge in [-0.1, -0.05) is 30.3 Å². The Morgan fingerprint density at radius 2 is 1.79 bits per heavy atom. The highest BCUT2D eigenvalue weighted by Gasteiger charge is 2.11. The van der Waals surface area contributed by atoms with E-state index < -0.39 is 0 Å². The fraction of sp³-hybridized carbons (Fsp3) is 0.333. The molecule has 7 heteroatoms. The standard InChI is InChI=1S/C21H26N4O2.HI/c1-22-21(25-13-12-23-20(26)17-5-3-2-4-6-17)24-11-9-16-7-8-19-18(15-16)10-14-27-19;/h2-8,15H,9-14H2,1H3,(H,23,26)(H2,22,24,25);1H. The zero-order valence-corrected chi connectivity index (χ0v) is 18.4. The summed E-state index contributed by atoms with van der Waals surface area (Å²) in [4.78, 5) is 16.2. The molecule has 0 saturated heterocycles. The van der Waals surface area contributed by atoms with Gasteiger partial charge in [0.2, 0.25) is 0 Å². The molecular formula is C21H27IN4O2. The third kappa shape index (κ3) is 6.40. The Balaban J connectivity index is 0.00000280. The number of hydrogen-bond acceptors (Lipinski definition) is 3. The molecule has 28 heavy (non-hydrogen) atoms. The fourth-order valence-corrected chi connectivity index (χ4v) is 2.99. The molecule has 3 rings (SSSR count). The van der Waals surface area contributed by atoms with Gasteiger partial charge in [0, 0.05) is 38.7 Å². The van der Waals surface area contributed by atoms with Gasteiger partial charge in [0.15, 0.2) is 5.96 Å². The van der Waals surface area contributed by atoms with E-state index in [2.05, 4.69) is 39.1 Å². The number of benzene rings is 2. The molecule has 0 saturated carbocycles. The van der Waals surface area contributed by atoms with Crippen molar-refractivity contribution in [1.29, 1.82) is 0 Å². The molecule has 0 atom stereocenters. The molecular weight excluding hydrogens is 467 g/mol. The van der Waals surface area contributed by atoms with Crippen LogP contribution in [0.25, 0.3) is 0 Å². The van der Waals surface area contributed by atoms with E-state index in [0.29, 0.717) is 18.7 Å². The molecule has 0 fully saturated rings. The summed E-state index contributed by atoms with van der Waals surface area (Å²) in [5, 5.41) is 9.40. The number of aliphatic imine (C=N–C) groups is 1. The second-order valence-electron chi connectivity index (χ2n) is 6.34. The van der Waals surface area contributed by atoms with Crippen molar-refractivity contribution in [3.8, 4) is 5.75 Å². The Kier molecular flexibility index (Phi) is 9.06. The molecule has 3 N–H and O–H groups in total. The number of halogens is 1. The predicted octanol–water partition coefficient (Wildman–Crippen LogP) is 2.38. The van der Waals surface area contributed by atoms with Gasteiger partial charge in [0.05, 0.1) is 6.61 Å². The van der Waals surface area contributed by atoms with Crippen molar-refractivity contribution in [2.45, 2.75) is 12.8 Å². The lowest BCUT2D eigenvalue weighted by Crippen LogP contribution is -2.42. The number of guanidine groups is 1. The topological polar surface area (TPSA) is 74.8 Å². The smallest absolute Gasteiger partial charge is 0.251 e. The van der Waals surface area contributed by atoms with E-state index >= 15 is 0 Å². The van der Waals surface area contributed by atoms with Gasteiger partial charge in [0.25, 0.3) is 5.91 Å². The number of nitrogens with zero attached hydrogens (tertiary/aromatic N) is 1. The van der Waals surface area contributed by atoms with Gasteiger partial charge < -0.3 is 20.7 Å². The van der Waals surface area contributed by atoms with Crippen LogP contribution in [-0.2, 0) is 12.8 Å². The molecule has 2 aromatic carbocycles. The van der Waals surface area contributed by atoms with Crippen molar-refractivity contribution >= 4 is 35.8 Å². The number of carbonyl (C=O) groups is 1. The van der Waals surface area contributed by atoms with Gasteiger partial charge >= 0.3 is 0 Å². The van der Waals surface area contributed by atoms with Gasteiger partial charge in [-0.25, -0.2) is 0 Å². The number of nitrogens with one attached hydrogen (secondary N) is 3. The lowest BCUT2D eigenvalue weighted by atomic mass is 10.1. The monoisotopic (exact) mass is 494 g/mol. The molecule has 1 heterocycles. The quantitative estimate of drug-likeness (QED) is 0.239. The molecule has 0 unspecified atom stereocenters. The van der Waals surface area contributed by atoms with Gasteiger partial charge in [0.1, 0.15) is 5.75 Å². The molecule has 6 nitrogen and oxygen atoms in total. The summed E-state index contributed by atoms with van der Waals surface area (Å²) in [6.45, 7) is 2.71. The minimum Gasteiger partial charge on any atom is -0.493 e. The number of ether oxygens (including phenoxy) is 1. The third-order valence-electron chi connectivity index (χ3n) is 4.42. The van der Waals surface area contributed by atoms with Crippen LogP contribution in [0.5, 0.6) is 5.75 Å². The van der Waals surface area contributed by atoms with E-state index in [9.17, 15) is 4.79 Å². The minimum atomic E-state index is -0.0686. The minimum absolute atomic E-state index is 0. The van der Waals surface area contributed by atoms with E-state index in [1.54, 1.807) is 19.2 Å². The highest BCUT2D eigenvalue weighted by atomic mass is 127. The average molecular weight is 494 g/mol. The molecule has 150 valence electrons. The van der Waals surface area contributed by atoms with Gasteiger partial charge in [-0.05, 0) is 35.7 Å². The van der Waals surface area contributed by atoms with Crippen molar-refractivity contribution in [3.63, 3.8) is 0 Å². The lowest BCUT2D eigenvalue weighted by molar-refractivity contribution is 0.0954. The van der Waals surface area contributed by atoms with Crippen LogP contribution in [0.1, 0.15) is 21.5 Å². The summed E-state index contributed by atoms with van der Waals surface area (Å²) in [5.41, 5.74) is 3.25. The molecule has 1 amide bonds. The summed E-state index contributed by atoms with van der Waals surface area (Å²) in [5.74, 6) is 1.68. The summed E-state index contributed by atoms with van der Waals surface area (Å²) >= 11 is 0. The number of hydrogen-bond donors (Lipinski definition) is 3. The van der Waals surface area contributed by atoms with Crippen LogP contribution in [0, 0.1) is 0 Å². The molecule has 1 aliphatic heterocycles. The Labute approximate surface area is 183 Å². The Bertz CT molecular complexity index is 796. The summed E-state index contributed by atoms with van der Waals surface area (Å²) in [7, 11) is 1.74. The van der Waals surface area contributed by atoms with Crippen LogP contribution in [0.15, 0.2) is 53.5 Å².